The van der Waals surface area contributed by atoms with E-state index in [-0.39, 0.29) is 11.3 Å². The molecule has 2 aliphatic heterocycles. The number of hydrogen-bond acceptors (Lipinski definition) is 6. The summed E-state index contributed by atoms with van der Waals surface area (Å²) in [6, 6.07) is 7.64. The van der Waals surface area contributed by atoms with E-state index in [1.807, 2.05) is 0 Å². The molecule has 5 rings (SSSR count). The third-order valence-electron chi connectivity index (χ3n) is 6.20. The Morgan fingerprint density at radius 2 is 1.54 bits per heavy atom. The summed E-state index contributed by atoms with van der Waals surface area (Å²) < 4.78 is 82.1. The Bertz CT molecular complexity index is 1650. The maximum Gasteiger partial charge on any atom is 0.274 e. The van der Waals surface area contributed by atoms with E-state index in [2.05, 4.69) is 0 Å². The molecule has 0 aromatic heterocycles. The highest BCUT2D eigenvalue weighted by Gasteiger charge is 2.70. The molecule has 37 heavy (non-hydrogen) atoms. The van der Waals surface area contributed by atoms with Crippen LogP contribution >= 0.6 is 0 Å². The fraction of sp³-hybridized carbons (Fsp3) is 0.130. The molecule has 0 radical (unpaired) electrons. The molecule has 0 aliphatic carbocycles. The van der Waals surface area contributed by atoms with Gasteiger partial charge in [0.05, 0.1) is 17.2 Å². The Morgan fingerprint density at radius 1 is 0.892 bits per heavy atom. The van der Waals surface area contributed by atoms with Gasteiger partial charge >= 0.3 is 0 Å². The van der Waals surface area contributed by atoms with Crippen LogP contribution < -0.4 is 9.80 Å². The monoisotopic (exact) mass is 535 g/mol. The lowest BCUT2D eigenvalue weighted by atomic mass is 10.0. The van der Waals surface area contributed by atoms with Gasteiger partial charge in [0.15, 0.2) is 33.1 Å². The minimum absolute atomic E-state index is 0.0368. The molecule has 1 fully saturated rings. The lowest BCUT2D eigenvalue weighted by Gasteiger charge is -2.32. The van der Waals surface area contributed by atoms with Crippen LogP contribution in [0.15, 0.2) is 54.6 Å². The van der Waals surface area contributed by atoms with Gasteiger partial charge in [0.25, 0.3) is 16.5 Å². The number of benzene rings is 3. The number of rotatable bonds is 4. The van der Waals surface area contributed by atoms with Crippen LogP contribution in [0, 0.1) is 33.4 Å². The number of nitro benzene ring substituents is 1. The van der Waals surface area contributed by atoms with Crippen LogP contribution in [0.2, 0.25) is 0 Å². The van der Waals surface area contributed by atoms with Crippen molar-refractivity contribution in [1.29, 1.82) is 0 Å². The van der Waals surface area contributed by atoms with Gasteiger partial charge in [-0.05, 0) is 35.9 Å². The van der Waals surface area contributed by atoms with Gasteiger partial charge in [-0.15, -0.1) is 0 Å². The fourth-order valence-electron chi connectivity index (χ4n) is 4.64. The van der Waals surface area contributed by atoms with Crippen LogP contribution in [-0.2, 0) is 30.8 Å². The molecule has 3 aromatic rings. The minimum Gasteiger partial charge on any atom is -0.304 e. The van der Waals surface area contributed by atoms with E-state index in [1.165, 1.54) is 0 Å². The topological polar surface area (TPSA) is 118 Å². The molecule has 1 atom stereocenters. The van der Waals surface area contributed by atoms with E-state index in [1.54, 1.807) is 0 Å². The molecule has 0 saturated carbocycles. The Hall–Kier alpha value is -4.33. The number of amides is 2. The van der Waals surface area contributed by atoms with Crippen molar-refractivity contribution < 1.29 is 40.5 Å². The van der Waals surface area contributed by atoms with E-state index in [9.17, 15) is 45.7 Å². The van der Waals surface area contributed by atoms with Crippen LogP contribution in [0.1, 0.15) is 11.1 Å². The summed E-state index contributed by atoms with van der Waals surface area (Å²) in [7, 11) is -4.79. The average molecular weight is 535 g/mol. The lowest BCUT2D eigenvalue weighted by molar-refractivity contribution is -0.384. The summed E-state index contributed by atoms with van der Waals surface area (Å²) in [4.78, 5) is 36.1. The van der Waals surface area contributed by atoms with Crippen molar-refractivity contribution in [3.63, 3.8) is 0 Å². The number of non-ortho nitro benzene ring substituents is 1. The van der Waals surface area contributed by atoms with Crippen molar-refractivity contribution >= 4 is 38.7 Å². The lowest BCUT2D eigenvalue weighted by Crippen LogP contribution is -2.54. The maximum absolute atomic E-state index is 14.1. The third-order valence-corrected chi connectivity index (χ3v) is 8.30. The predicted octanol–water partition coefficient (Wildman–Crippen LogP) is 3.31. The van der Waals surface area contributed by atoms with E-state index in [4.69, 9.17) is 0 Å². The molecule has 3 aromatic carbocycles. The van der Waals surface area contributed by atoms with Crippen molar-refractivity contribution in [2.45, 2.75) is 11.4 Å². The van der Waals surface area contributed by atoms with Gasteiger partial charge in [-0.1, -0.05) is 6.07 Å². The zero-order valence-electron chi connectivity index (χ0n) is 18.3. The molecule has 190 valence electrons. The highest BCUT2D eigenvalue weighted by molar-refractivity contribution is 7.94. The second-order valence-corrected chi connectivity index (χ2v) is 10.4. The van der Waals surface area contributed by atoms with E-state index in [0.717, 1.165) is 47.4 Å². The molecular weight excluding hydrogens is 522 g/mol. The van der Waals surface area contributed by atoms with Gasteiger partial charge in [-0.2, -0.15) is 0 Å². The Kier molecular flexibility index (Phi) is 5.33. The number of nitro groups is 1. The number of fused-ring (bicyclic) bond motifs is 2. The summed E-state index contributed by atoms with van der Waals surface area (Å²) >= 11 is 0. The quantitative estimate of drug-likeness (QED) is 0.288. The van der Waals surface area contributed by atoms with Crippen molar-refractivity contribution in [2.24, 2.45) is 0 Å². The highest BCUT2D eigenvalue weighted by Crippen LogP contribution is 2.53. The number of anilines is 2. The third kappa shape index (κ3) is 3.39. The molecule has 9 nitrogen and oxygen atoms in total. The van der Waals surface area contributed by atoms with Gasteiger partial charge < -0.3 is 4.90 Å². The van der Waals surface area contributed by atoms with E-state index < -0.39 is 84.0 Å². The average Bonchev–Trinajstić information content (AvgIpc) is 3.20. The largest absolute Gasteiger partial charge is 0.304 e. The molecule has 1 saturated heterocycles. The number of halogens is 4. The highest BCUT2D eigenvalue weighted by atomic mass is 32.2. The van der Waals surface area contributed by atoms with Gasteiger partial charge in [0, 0.05) is 29.4 Å². The Balaban J connectivity index is 1.78. The zero-order chi connectivity index (χ0) is 26.9. The van der Waals surface area contributed by atoms with Crippen LogP contribution in [-0.4, -0.2) is 30.9 Å². The molecule has 1 unspecified atom stereocenters. The fourth-order valence-corrected chi connectivity index (χ4v) is 6.67. The molecule has 0 bridgehead atoms. The number of sulfone groups is 1. The van der Waals surface area contributed by atoms with Crippen molar-refractivity contribution in [1.82, 2.24) is 0 Å². The second kappa shape index (κ2) is 8.09. The predicted molar refractivity (Wildman–Crippen MR) is 120 cm³/mol. The van der Waals surface area contributed by atoms with Gasteiger partial charge in [-0.3, -0.25) is 24.6 Å². The Morgan fingerprint density at radius 3 is 2.16 bits per heavy atom. The summed E-state index contributed by atoms with van der Waals surface area (Å²) in [6.07, 6.45) is 0. The van der Waals surface area contributed by atoms with Crippen molar-refractivity contribution in [2.75, 3.05) is 15.6 Å². The molecule has 14 heteroatoms. The van der Waals surface area contributed by atoms with Gasteiger partial charge in [0.2, 0.25) is 5.91 Å². The molecule has 2 heterocycles. The molecular formula is C23H13F4N3O6S. The molecule has 0 N–H and O–H groups in total. The summed E-state index contributed by atoms with van der Waals surface area (Å²) in [5.74, 6) is -8.78. The summed E-state index contributed by atoms with van der Waals surface area (Å²) in [5.41, 5.74) is -1.68. The normalized spacial score (nSPS) is 20.1. The number of carbonyl (C=O) groups is 2. The Labute approximate surface area is 205 Å². The first-order chi connectivity index (χ1) is 17.4. The molecule has 2 amide bonds. The van der Waals surface area contributed by atoms with Crippen LogP contribution in [0.25, 0.3) is 0 Å². The molecule has 1 spiro atoms. The van der Waals surface area contributed by atoms with Gasteiger partial charge in [0.1, 0.15) is 5.75 Å². The standard InChI is InChI=1S/C23H13F4N3O6S/c24-16-4-1-12(7-18(16)26)10-28-20-6-3-14(30(33)34)8-15(20)23(22(28)32)29(21(31)11-37(23,35)36)13-2-5-17(25)19(27)9-13/h1-9H,10-11H2. The first-order valence-electron chi connectivity index (χ1n) is 10.4. The SMILES string of the molecule is O=C1CS(=O)(=O)C2(C(=O)N(Cc3ccc(F)c(F)c3)c3ccc([N+](=O)[O-])cc32)N1c1ccc(F)c(F)c1. The number of nitrogens with zero attached hydrogens (tertiary/aromatic N) is 3. The van der Waals surface area contributed by atoms with Gasteiger partial charge in [-0.25, -0.2) is 26.0 Å². The maximum atomic E-state index is 14.1. The van der Waals surface area contributed by atoms with E-state index >= 15 is 0 Å². The van der Waals surface area contributed by atoms with Crippen LogP contribution in [0.5, 0.6) is 0 Å². The second-order valence-electron chi connectivity index (χ2n) is 8.33. The smallest absolute Gasteiger partial charge is 0.274 e. The first kappa shape index (κ1) is 24.4. The summed E-state index contributed by atoms with van der Waals surface area (Å²) in [5, 5.41) is 11.5. The van der Waals surface area contributed by atoms with E-state index in [0.29, 0.717) is 17.0 Å². The molecule has 2 aliphatic rings. The number of carbonyl (C=O) groups excluding carboxylic acids is 2. The summed E-state index contributed by atoms with van der Waals surface area (Å²) in [6.45, 7) is -0.502. The zero-order valence-corrected chi connectivity index (χ0v) is 19.1. The van der Waals surface area contributed by atoms with Crippen LogP contribution in [0.4, 0.5) is 34.6 Å². The van der Waals surface area contributed by atoms with Crippen molar-refractivity contribution in [3.05, 3.63) is 99.1 Å². The first-order valence-corrected chi connectivity index (χ1v) is 12.1. The number of hydrogen-bond donors (Lipinski definition) is 0. The van der Waals surface area contributed by atoms with Crippen molar-refractivity contribution in [3.8, 4) is 0 Å². The van der Waals surface area contributed by atoms with Crippen LogP contribution in [0.3, 0.4) is 0 Å². The minimum atomic E-state index is -4.79.